The van der Waals surface area contributed by atoms with Gasteiger partial charge in [0.05, 0.1) is 6.10 Å². The van der Waals surface area contributed by atoms with E-state index in [1.165, 1.54) is 44.9 Å². The number of rotatable bonds is 24. The summed E-state index contributed by atoms with van der Waals surface area (Å²) in [6.07, 6.45) is 13.2. The van der Waals surface area contributed by atoms with E-state index >= 15 is 0 Å². The number of hydrogen-bond donors (Lipinski definition) is 4. The second kappa shape index (κ2) is 19.9. The number of nitrogens with one attached hydrogen (secondary N) is 2. The average molecular weight is 486 g/mol. The Kier molecular flexibility index (Phi) is 19.7. The van der Waals surface area contributed by atoms with Crippen LogP contribution in [0.2, 0.25) is 0 Å². The zero-order valence-electron chi connectivity index (χ0n) is 24.2. The van der Waals surface area contributed by atoms with Gasteiger partial charge in [-0.15, -0.1) is 0 Å². The third kappa shape index (κ3) is 17.2. The first-order chi connectivity index (χ1) is 16.1. The SMILES string of the molecule is CCCCCCCCCCC(O)CN(CCN(CCNC)C(C)(C)CCN)CCC(C)(C)NC. The minimum Gasteiger partial charge on any atom is -0.392 e. The van der Waals surface area contributed by atoms with Crippen LogP contribution in [0, 0.1) is 0 Å². The number of nitrogens with two attached hydrogens (primary N) is 1. The van der Waals surface area contributed by atoms with Gasteiger partial charge in [0.1, 0.15) is 0 Å². The minimum atomic E-state index is -0.236. The highest BCUT2D eigenvalue weighted by Gasteiger charge is 2.26. The van der Waals surface area contributed by atoms with Crippen LogP contribution in [0.1, 0.15) is 105 Å². The predicted octanol–water partition coefficient (Wildman–Crippen LogP) is 4.22. The molecule has 0 aliphatic rings. The maximum Gasteiger partial charge on any atom is 0.0667 e. The largest absolute Gasteiger partial charge is 0.392 e. The normalized spacial score (nSPS) is 13.9. The lowest BCUT2D eigenvalue weighted by molar-refractivity contribution is 0.0674. The maximum atomic E-state index is 10.8. The summed E-state index contributed by atoms with van der Waals surface area (Å²) in [7, 11) is 4.05. The van der Waals surface area contributed by atoms with Crippen molar-refractivity contribution in [2.45, 2.75) is 122 Å². The van der Waals surface area contributed by atoms with E-state index in [0.717, 1.165) is 65.0 Å². The first-order valence-corrected chi connectivity index (χ1v) is 14.3. The summed E-state index contributed by atoms with van der Waals surface area (Å²) < 4.78 is 0. The van der Waals surface area contributed by atoms with Crippen LogP contribution in [0.15, 0.2) is 0 Å². The maximum absolute atomic E-state index is 10.8. The molecule has 6 heteroatoms. The van der Waals surface area contributed by atoms with Crippen molar-refractivity contribution in [1.29, 1.82) is 0 Å². The van der Waals surface area contributed by atoms with Crippen LogP contribution in [-0.4, -0.2) is 92.0 Å². The standard InChI is InChI=1S/C28H63N5O/c1-8-9-10-11-12-13-14-15-16-26(34)25-32(21-18-27(2,3)31-7)23-24-33(22-20-30-6)28(4,5)17-19-29/h26,30-31,34H,8-25,29H2,1-7H3. The highest BCUT2D eigenvalue weighted by molar-refractivity contribution is 4.84. The molecule has 0 heterocycles. The van der Waals surface area contributed by atoms with E-state index in [9.17, 15) is 5.11 Å². The number of aliphatic hydroxyl groups is 1. The number of unbranched alkanes of at least 4 members (excludes halogenated alkanes) is 7. The second-order valence-corrected chi connectivity index (χ2v) is 11.5. The molecule has 34 heavy (non-hydrogen) atoms. The van der Waals surface area contributed by atoms with Gasteiger partial charge in [-0.2, -0.15) is 0 Å². The van der Waals surface area contributed by atoms with E-state index in [1.807, 2.05) is 14.1 Å². The molecule has 6 nitrogen and oxygen atoms in total. The van der Waals surface area contributed by atoms with Gasteiger partial charge in [-0.25, -0.2) is 0 Å². The smallest absolute Gasteiger partial charge is 0.0667 e. The Morgan fingerprint density at radius 2 is 1.44 bits per heavy atom. The number of hydrogen-bond acceptors (Lipinski definition) is 6. The minimum absolute atomic E-state index is 0.0806. The monoisotopic (exact) mass is 486 g/mol. The molecular weight excluding hydrogens is 422 g/mol. The molecule has 206 valence electrons. The van der Waals surface area contributed by atoms with Gasteiger partial charge in [-0.3, -0.25) is 9.80 Å². The quantitative estimate of drug-likeness (QED) is 0.153. The van der Waals surface area contributed by atoms with Crippen LogP contribution in [0.25, 0.3) is 0 Å². The van der Waals surface area contributed by atoms with Crippen molar-refractivity contribution in [3.05, 3.63) is 0 Å². The Bertz CT molecular complexity index is 458. The van der Waals surface area contributed by atoms with E-state index in [2.05, 4.69) is 55.1 Å². The van der Waals surface area contributed by atoms with Crippen molar-refractivity contribution < 1.29 is 5.11 Å². The molecule has 0 saturated heterocycles. The molecular formula is C28H63N5O. The molecule has 1 unspecified atom stereocenters. The molecule has 0 aromatic carbocycles. The van der Waals surface area contributed by atoms with Crippen molar-refractivity contribution in [1.82, 2.24) is 20.4 Å². The predicted molar refractivity (Wildman–Crippen MR) is 151 cm³/mol. The van der Waals surface area contributed by atoms with E-state index in [-0.39, 0.29) is 17.2 Å². The van der Waals surface area contributed by atoms with E-state index in [4.69, 9.17) is 5.73 Å². The summed E-state index contributed by atoms with van der Waals surface area (Å²) in [5.74, 6) is 0. The molecule has 0 radical (unpaired) electrons. The fourth-order valence-electron chi connectivity index (χ4n) is 4.50. The lowest BCUT2D eigenvalue weighted by Gasteiger charge is -2.40. The van der Waals surface area contributed by atoms with Gasteiger partial charge >= 0.3 is 0 Å². The van der Waals surface area contributed by atoms with Gasteiger partial charge in [0.25, 0.3) is 0 Å². The summed E-state index contributed by atoms with van der Waals surface area (Å²) in [4.78, 5) is 5.05. The molecule has 0 amide bonds. The second-order valence-electron chi connectivity index (χ2n) is 11.5. The van der Waals surface area contributed by atoms with E-state index in [1.54, 1.807) is 0 Å². The van der Waals surface area contributed by atoms with Crippen LogP contribution in [0.3, 0.4) is 0 Å². The molecule has 5 N–H and O–H groups in total. The van der Waals surface area contributed by atoms with E-state index < -0.39 is 0 Å². The van der Waals surface area contributed by atoms with Crippen molar-refractivity contribution >= 4 is 0 Å². The number of likely N-dealkylation sites (N-methyl/N-ethyl adjacent to an activating group) is 1. The Labute approximate surface area is 213 Å². The molecule has 0 aromatic heterocycles. The first kappa shape index (κ1) is 33.8. The van der Waals surface area contributed by atoms with Gasteiger partial charge < -0.3 is 21.5 Å². The number of nitrogens with zero attached hydrogens (tertiary/aromatic N) is 2. The van der Waals surface area contributed by atoms with Gasteiger partial charge in [0, 0.05) is 50.3 Å². The van der Waals surface area contributed by atoms with Crippen molar-refractivity contribution in [3.63, 3.8) is 0 Å². The van der Waals surface area contributed by atoms with Crippen molar-refractivity contribution in [3.8, 4) is 0 Å². The highest BCUT2D eigenvalue weighted by Crippen LogP contribution is 2.18. The molecule has 0 saturated carbocycles. The lowest BCUT2D eigenvalue weighted by atomic mass is 9.97. The summed E-state index contributed by atoms with van der Waals surface area (Å²) >= 11 is 0. The zero-order chi connectivity index (χ0) is 25.9. The number of aliphatic hydroxyl groups excluding tert-OH is 1. The third-order valence-electron chi connectivity index (χ3n) is 7.52. The molecule has 0 aromatic rings. The van der Waals surface area contributed by atoms with Crippen LogP contribution in [0.4, 0.5) is 0 Å². The summed E-state index contributed by atoms with van der Waals surface area (Å²) in [6.45, 7) is 17.8. The summed E-state index contributed by atoms with van der Waals surface area (Å²) in [5.41, 5.74) is 6.10. The van der Waals surface area contributed by atoms with Crippen LogP contribution < -0.4 is 16.4 Å². The molecule has 0 fully saturated rings. The van der Waals surface area contributed by atoms with Crippen molar-refractivity contribution in [2.24, 2.45) is 5.73 Å². The van der Waals surface area contributed by atoms with Gasteiger partial charge in [-0.1, -0.05) is 58.3 Å². The van der Waals surface area contributed by atoms with Gasteiger partial charge in [-0.05, 0) is 67.6 Å². The topological polar surface area (TPSA) is 76.8 Å². The molecule has 1 atom stereocenters. The van der Waals surface area contributed by atoms with Crippen LogP contribution >= 0.6 is 0 Å². The van der Waals surface area contributed by atoms with Gasteiger partial charge in [0.15, 0.2) is 0 Å². The van der Waals surface area contributed by atoms with Crippen molar-refractivity contribution in [2.75, 3.05) is 59.9 Å². The van der Waals surface area contributed by atoms with Crippen LogP contribution in [0.5, 0.6) is 0 Å². The van der Waals surface area contributed by atoms with Gasteiger partial charge in [0.2, 0.25) is 0 Å². The zero-order valence-corrected chi connectivity index (χ0v) is 24.2. The highest BCUT2D eigenvalue weighted by atomic mass is 16.3. The average Bonchev–Trinajstić information content (AvgIpc) is 2.78. The Balaban J connectivity index is 4.76. The molecule has 0 spiro atoms. The summed E-state index contributed by atoms with van der Waals surface area (Å²) in [5, 5.41) is 17.6. The Hall–Kier alpha value is -0.240. The molecule has 0 aliphatic heterocycles. The Morgan fingerprint density at radius 1 is 0.824 bits per heavy atom. The Morgan fingerprint density at radius 3 is 2.00 bits per heavy atom. The molecule has 0 aliphatic carbocycles. The summed E-state index contributed by atoms with van der Waals surface area (Å²) in [6, 6.07) is 0. The first-order valence-electron chi connectivity index (χ1n) is 14.3. The fraction of sp³-hybridized carbons (Fsp3) is 1.00. The van der Waals surface area contributed by atoms with Crippen LogP contribution in [-0.2, 0) is 0 Å². The third-order valence-corrected chi connectivity index (χ3v) is 7.52. The lowest BCUT2D eigenvalue weighted by Crippen LogP contribution is -2.51. The molecule has 0 rings (SSSR count). The fourth-order valence-corrected chi connectivity index (χ4v) is 4.50. The van der Waals surface area contributed by atoms with E-state index in [0.29, 0.717) is 6.54 Å². The molecule has 0 bridgehead atoms.